The van der Waals surface area contributed by atoms with Crippen LogP contribution in [0.15, 0.2) is 35.4 Å². The third kappa shape index (κ3) is 1.55. The molecule has 16 heavy (non-hydrogen) atoms. The van der Waals surface area contributed by atoms with Gasteiger partial charge in [0.1, 0.15) is 0 Å². The van der Waals surface area contributed by atoms with Gasteiger partial charge in [0.05, 0.1) is 29.8 Å². The molecule has 6 heteroatoms. The van der Waals surface area contributed by atoms with Gasteiger partial charge in [-0.2, -0.15) is 5.10 Å². The van der Waals surface area contributed by atoms with Crippen molar-refractivity contribution in [2.75, 3.05) is 4.90 Å². The lowest BCUT2D eigenvalue weighted by molar-refractivity contribution is 0.823. The van der Waals surface area contributed by atoms with Crippen LogP contribution < -0.4 is 10.5 Å². The number of hydrogen-bond donors (Lipinski definition) is 1. The molecule has 0 unspecified atom stereocenters. The molecule has 82 valence electrons. The molecule has 3 rings (SSSR count). The highest BCUT2D eigenvalue weighted by molar-refractivity contribution is 5.85. The number of H-pyrrole nitrogens is 1. The van der Waals surface area contributed by atoms with E-state index in [9.17, 15) is 4.79 Å². The molecule has 0 atom stereocenters. The van der Waals surface area contributed by atoms with Gasteiger partial charge in [-0.1, -0.05) is 0 Å². The maximum atomic E-state index is 11.1. The zero-order chi connectivity index (χ0) is 10.3. The predicted octanol–water partition coefficient (Wildman–Crippen LogP) is 1.24. The van der Waals surface area contributed by atoms with Gasteiger partial charge in [0.2, 0.25) is 0 Å². The average molecular weight is 237 g/mol. The van der Waals surface area contributed by atoms with E-state index in [1.807, 2.05) is 17.0 Å². The normalized spacial score (nSPS) is 12.4. The molecule has 5 nitrogen and oxygen atoms in total. The van der Waals surface area contributed by atoms with E-state index in [4.69, 9.17) is 0 Å². The largest absolute Gasteiger partial charge is 0.332 e. The molecule has 3 heterocycles. The Bertz CT molecular complexity index is 568. The van der Waals surface area contributed by atoms with Crippen molar-refractivity contribution in [3.8, 4) is 0 Å². The molecule has 0 amide bonds. The van der Waals surface area contributed by atoms with Crippen LogP contribution in [0.2, 0.25) is 0 Å². The SMILES string of the molecule is Cl.O=c1cc(N2Cc3ncccc32)cn[nH]1. The van der Waals surface area contributed by atoms with Gasteiger partial charge < -0.3 is 4.90 Å². The van der Waals surface area contributed by atoms with Gasteiger partial charge in [-0.15, -0.1) is 12.4 Å². The number of aromatic nitrogens is 3. The van der Waals surface area contributed by atoms with Crippen LogP contribution >= 0.6 is 12.4 Å². The lowest BCUT2D eigenvalue weighted by Gasteiger charge is -2.34. The molecule has 0 spiro atoms. The van der Waals surface area contributed by atoms with E-state index in [1.165, 1.54) is 6.07 Å². The molecular formula is C10H9ClN4O. The maximum absolute atomic E-state index is 11.1. The van der Waals surface area contributed by atoms with Crippen LogP contribution in [0, 0.1) is 0 Å². The second-order valence-electron chi connectivity index (χ2n) is 3.36. The summed E-state index contributed by atoms with van der Waals surface area (Å²) in [4.78, 5) is 17.3. The van der Waals surface area contributed by atoms with Crippen LogP contribution in [0.3, 0.4) is 0 Å². The number of anilines is 2. The minimum Gasteiger partial charge on any atom is -0.332 e. The van der Waals surface area contributed by atoms with Gasteiger partial charge >= 0.3 is 0 Å². The molecule has 0 bridgehead atoms. The van der Waals surface area contributed by atoms with E-state index in [1.54, 1.807) is 12.4 Å². The second kappa shape index (κ2) is 3.94. The van der Waals surface area contributed by atoms with Crippen molar-refractivity contribution in [1.82, 2.24) is 15.2 Å². The van der Waals surface area contributed by atoms with Crippen molar-refractivity contribution >= 4 is 23.8 Å². The minimum atomic E-state index is -0.190. The lowest BCUT2D eigenvalue weighted by atomic mass is 10.1. The molecular weight excluding hydrogens is 228 g/mol. The van der Waals surface area contributed by atoms with Crippen LogP contribution in [0.25, 0.3) is 0 Å². The Kier molecular flexibility index (Phi) is 2.62. The van der Waals surface area contributed by atoms with Crippen molar-refractivity contribution < 1.29 is 0 Å². The summed E-state index contributed by atoms with van der Waals surface area (Å²) in [5, 5.41) is 6.11. The van der Waals surface area contributed by atoms with Crippen LogP contribution in [0.4, 0.5) is 11.4 Å². The molecule has 0 saturated heterocycles. The Morgan fingerprint density at radius 3 is 3.06 bits per heavy atom. The molecule has 2 aromatic rings. The first-order valence-electron chi connectivity index (χ1n) is 4.61. The fraction of sp³-hybridized carbons (Fsp3) is 0.100. The monoisotopic (exact) mass is 236 g/mol. The van der Waals surface area contributed by atoms with Gasteiger partial charge in [0, 0.05) is 12.3 Å². The Morgan fingerprint density at radius 1 is 1.44 bits per heavy atom. The molecule has 0 fully saturated rings. The van der Waals surface area contributed by atoms with E-state index >= 15 is 0 Å². The summed E-state index contributed by atoms with van der Waals surface area (Å²) in [6, 6.07) is 5.39. The standard InChI is InChI=1S/C10H8N4O.ClH/c15-10-4-7(5-12-13-10)14-6-8-9(14)2-1-3-11-8;/h1-5H,6H2,(H,13,15);1H. The Balaban J connectivity index is 0.000000963. The highest BCUT2D eigenvalue weighted by Gasteiger charge is 2.24. The molecule has 0 radical (unpaired) electrons. The molecule has 1 aliphatic rings. The van der Waals surface area contributed by atoms with Gasteiger partial charge in [0.15, 0.2) is 0 Å². The second-order valence-corrected chi connectivity index (χ2v) is 3.36. The number of pyridine rings is 1. The number of nitrogens with one attached hydrogen (secondary N) is 1. The van der Waals surface area contributed by atoms with Gasteiger partial charge in [0.25, 0.3) is 5.56 Å². The lowest BCUT2D eigenvalue weighted by Crippen LogP contribution is -2.29. The summed E-state index contributed by atoms with van der Waals surface area (Å²) < 4.78 is 0. The van der Waals surface area contributed by atoms with Crippen molar-refractivity contribution in [2.24, 2.45) is 0 Å². The summed E-state index contributed by atoms with van der Waals surface area (Å²) in [7, 11) is 0. The smallest absolute Gasteiger partial charge is 0.266 e. The van der Waals surface area contributed by atoms with Crippen LogP contribution in [-0.4, -0.2) is 15.2 Å². The molecule has 0 saturated carbocycles. The summed E-state index contributed by atoms with van der Waals surface area (Å²) in [5.74, 6) is 0. The molecule has 0 aliphatic carbocycles. The van der Waals surface area contributed by atoms with Crippen LogP contribution in [-0.2, 0) is 6.54 Å². The highest BCUT2D eigenvalue weighted by Crippen LogP contribution is 2.36. The number of hydrogen-bond acceptors (Lipinski definition) is 4. The van der Waals surface area contributed by atoms with Gasteiger partial charge in [-0.05, 0) is 12.1 Å². The summed E-state index contributed by atoms with van der Waals surface area (Å²) >= 11 is 0. The zero-order valence-electron chi connectivity index (χ0n) is 8.25. The average Bonchev–Trinajstić information content (AvgIpc) is 2.20. The summed E-state index contributed by atoms with van der Waals surface area (Å²) in [6.45, 7) is 0.737. The Labute approximate surface area is 97.5 Å². The zero-order valence-corrected chi connectivity index (χ0v) is 9.07. The first-order chi connectivity index (χ1) is 7.34. The quantitative estimate of drug-likeness (QED) is 0.809. The van der Waals surface area contributed by atoms with Crippen molar-refractivity contribution in [1.29, 1.82) is 0 Å². The van der Waals surface area contributed by atoms with Crippen molar-refractivity contribution in [3.05, 3.63) is 46.6 Å². The van der Waals surface area contributed by atoms with Crippen molar-refractivity contribution in [3.63, 3.8) is 0 Å². The number of aromatic amines is 1. The Hall–Kier alpha value is -1.88. The number of rotatable bonds is 1. The van der Waals surface area contributed by atoms with E-state index < -0.39 is 0 Å². The molecule has 1 N–H and O–H groups in total. The Morgan fingerprint density at radius 2 is 2.31 bits per heavy atom. The topological polar surface area (TPSA) is 61.9 Å². The fourth-order valence-electron chi connectivity index (χ4n) is 1.68. The van der Waals surface area contributed by atoms with Crippen LogP contribution in [0.5, 0.6) is 0 Å². The van der Waals surface area contributed by atoms with Crippen LogP contribution in [0.1, 0.15) is 5.69 Å². The predicted molar refractivity (Wildman–Crippen MR) is 62.2 cm³/mol. The van der Waals surface area contributed by atoms with E-state index in [-0.39, 0.29) is 18.0 Å². The minimum absolute atomic E-state index is 0. The summed E-state index contributed by atoms with van der Waals surface area (Å²) in [5.41, 5.74) is 2.71. The summed E-state index contributed by atoms with van der Waals surface area (Å²) in [6.07, 6.45) is 3.41. The fourth-order valence-corrected chi connectivity index (χ4v) is 1.68. The van der Waals surface area contributed by atoms with Crippen molar-refractivity contribution in [2.45, 2.75) is 6.54 Å². The van der Waals surface area contributed by atoms with E-state index in [0.717, 1.165) is 23.6 Å². The molecule has 1 aliphatic heterocycles. The first kappa shape index (κ1) is 10.6. The number of fused-ring (bicyclic) bond motifs is 1. The number of halogens is 1. The third-order valence-electron chi connectivity index (χ3n) is 2.43. The maximum Gasteiger partial charge on any atom is 0.266 e. The van der Waals surface area contributed by atoms with Gasteiger partial charge in [-0.3, -0.25) is 9.78 Å². The highest BCUT2D eigenvalue weighted by atomic mass is 35.5. The van der Waals surface area contributed by atoms with Gasteiger partial charge in [-0.25, -0.2) is 5.10 Å². The molecule has 2 aromatic heterocycles. The first-order valence-corrected chi connectivity index (χ1v) is 4.61. The van der Waals surface area contributed by atoms with E-state index in [0.29, 0.717) is 0 Å². The number of nitrogens with zero attached hydrogens (tertiary/aromatic N) is 3. The molecule has 0 aromatic carbocycles. The third-order valence-corrected chi connectivity index (χ3v) is 2.43. The van der Waals surface area contributed by atoms with E-state index in [2.05, 4.69) is 15.2 Å².